The van der Waals surface area contributed by atoms with Gasteiger partial charge in [0, 0.05) is 5.39 Å². The first-order valence-electron chi connectivity index (χ1n) is 6.57. The van der Waals surface area contributed by atoms with Gasteiger partial charge >= 0.3 is 6.18 Å². The van der Waals surface area contributed by atoms with Crippen molar-refractivity contribution in [2.24, 2.45) is 5.73 Å². The summed E-state index contributed by atoms with van der Waals surface area (Å²) in [5.74, 6) is -0.917. The molecule has 1 aromatic heterocycles. The van der Waals surface area contributed by atoms with E-state index in [-0.39, 0.29) is 11.4 Å². The van der Waals surface area contributed by atoms with Crippen molar-refractivity contribution in [1.82, 2.24) is 0 Å². The minimum absolute atomic E-state index is 0.135. The van der Waals surface area contributed by atoms with Crippen molar-refractivity contribution >= 4 is 22.6 Å². The van der Waals surface area contributed by atoms with Crippen molar-refractivity contribution in [3.8, 4) is 11.1 Å². The Labute approximate surface area is 128 Å². The van der Waals surface area contributed by atoms with Gasteiger partial charge in [0.2, 0.25) is 5.76 Å². The summed E-state index contributed by atoms with van der Waals surface area (Å²) >= 11 is 0. The monoisotopic (exact) mass is 320 g/mol. The zero-order valence-corrected chi connectivity index (χ0v) is 11.6. The molecule has 0 radical (unpaired) electrons. The number of primary amides is 1. The van der Waals surface area contributed by atoms with E-state index in [2.05, 4.69) is 0 Å². The second-order valence-electron chi connectivity index (χ2n) is 5.00. The van der Waals surface area contributed by atoms with Gasteiger partial charge in [0.05, 0.1) is 11.3 Å². The van der Waals surface area contributed by atoms with Gasteiger partial charge in [-0.15, -0.1) is 0 Å². The molecule has 3 rings (SSSR count). The van der Waals surface area contributed by atoms with Gasteiger partial charge in [0.25, 0.3) is 5.91 Å². The third-order valence-corrected chi connectivity index (χ3v) is 3.50. The van der Waals surface area contributed by atoms with Crippen LogP contribution < -0.4 is 11.5 Å². The molecule has 1 amide bonds. The molecule has 1 heterocycles. The van der Waals surface area contributed by atoms with E-state index in [9.17, 15) is 18.0 Å². The maximum atomic E-state index is 12.6. The molecular formula is C16H11F3N2O2. The van der Waals surface area contributed by atoms with Crippen LogP contribution in [0.1, 0.15) is 16.1 Å². The Hall–Kier alpha value is -2.96. The molecule has 0 saturated carbocycles. The topological polar surface area (TPSA) is 82.2 Å². The number of anilines is 1. The number of halogens is 3. The lowest BCUT2D eigenvalue weighted by atomic mass is 10.0. The molecule has 0 atom stereocenters. The first-order chi connectivity index (χ1) is 10.8. The average Bonchev–Trinajstić information content (AvgIpc) is 2.83. The molecule has 0 aliphatic carbocycles. The summed E-state index contributed by atoms with van der Waals surface area (Å²) < 4.78 is 43.1. The van der Waals surface area contributed by atoms with Crippen molar-refractivity contribution in [2.75, 3.05) is 5.73 Å². The largest absolute Gasteiger partial charge is 0.449 e. The quantitative estimate of drug-likeness (QED) is 0.753. The van der Waals surface area contributed by atoms with Crippen LogP contribution in [0.5, 0.6) is 0 Å². The zero-order valence-electron chi connectivity index (χ0n) is 11.6. The van der Waals surface area contributed by atoms with Crippen LogP contribution in [0.15, 0.2) is 46.9 Å². The van der Waals surface area contributed by atoms with E-state index in [1.54, 1.807) is 18.2 Å². The lowest BCUT2D eigenvalue weighted by molar-refractivity contribution is -0.137. The Morgan fingerprint density at radius 3 is 2.17 bits per heavy atom. The zero-order chi connectivity index (χ0) is 16.8. The van der Waals surface area contributed by atoms with Crippen LogP contribution in [-0.4, -0.2) is 5.91 Å². The lowest BCUT2D eigenvalue weighted by Gasteiger charge is -2.07. The van der Waals surface area contributed by atoms with E-state index in [1.807, 2.05) is 0 Å². The van der Waals surface area contributed by atoms with Crippen LogP contribution >= 0.6 is 0 Å². The minimum Gasteiger partial charge on any atom is -0.449 e. The summed E-state index contributed by atoms with van der Waals surface area (Å²) in [6.07, 6.45) is -4.38. The number of benzene rings is 2. The predicted octanol–water partition coefficient (Wildman–Crippen LogP) is 3.80. The Kier molecular flexibility index (Phi) is 3.28. The maximum absolute atomic E-state index is 12.6. The minimum atomic E-state index is -4.38. The highest BCUT2D eigenvalue weighted by Gasteiger charge is 2.30. The fraction of sp³-hybridized carbons (Fsp3) is 0.0625. The summed E-state index contributed by atoms with van der Waals surface area (Å²) in [5.41, 5.74) is 11.9. The molecule has 118 valence electrons. The molecule has 0 unspecified atom stereocenters. The summed E-state index contributed by atoms with van der Waals surface area (Å²) in [6, 6.07) is 9.65. The average molecular weight is 320 g/mol. The third-order valence-electron chi connectivity index (χ3n) is 3.50. The van der Waals surface area contributed by atoms with Gasteiger partial charge in [-0.1, -0.05) is 18.2 Å². The number of nitrogens with two attached hydrogens (primary N) is 2. The smallest absolute Gasteiger partial charge is 0.416 e. The van der Waals surface area contributed by atoms with E-state index < -0.39 is 17.6 Å². The molecular weight excluding hydrogens is 309 g/mol. The first kappa shape index (κ1) is 15.0. The molecule has 3 aromatic rings. The summed E-state index contributed by atoms with van der Waals surface area (Å²) in [7, 11) is 0. The van der Waals surface area contributed by atoms with Gasteiger partial charge in [0.1, 0.15) is 5.58 Å². The van der Waals surface area contributed by atoms with Crippen molar-refractivity contribution < 1.29 is 22.4 Å². The van der Waals surface area contributed by atoms with Crippen molar-refractivity contribution in [2.45, 2.75) is 6.18 Å². The van der Waals surface area contributed by atoms with E-state index in [4.69, 9.17) is 15.9 Å². The molecule has 0 fully saturated rings. The molecule has 2 aromatic carbocycles. The number of hydrogen-bond acceptors (Lipinski definition) is 3. The fourth-order valence-corrected chi connectivity index (χ4v) is 2.33. The van der Waals surface area contributed by atoms with Gasteiger partial charge in [-0.3, -0.25) is 4.79 Å². The van der Waals surface area contributed by atoms with Gasteiger partial charge in [0.15, 0.2) is 0 Å². The van der Waals surface area contributed by atoms with Crippen LogP contribution in [-0.2, 0) is 6.18 Å². The Morgan fingerprint density at radius 1 is 1.00 bits per heavy atom. The Morgan fingerprint density at radius 2 is 1.61 bits per heavy atom. The van der Waals surface area contributed by atoms with Gasteiger partial charge in [-0.25, -0.2) is 0 Å². The number of fused-ring (bicyclic) bond motifs is 1. The number of nitrogen functional groups attached to an aromatic ring is 1. The second kappa shape index (κ2) is 5.05. The van der Waals surface area contributed by atoms with E-state index in [1.165, 1.54) is 12.1 Å². The van der Waals surface area contributed by atoms with Crippen molar-refractivity contribution in [3.05, 3.63) is 53.8 Å². The molecule has 23 heavy (non-hydrogen) atoms. The molecule has 4 nitrogen and oxygen atoms in total. The molecule has 0 aliphatic rings. The van der Waals surface area contributed by atoms with Crippen LogP contribution in [0.25, 0.3) is 22.1 Å². The number of hydrogen-bond donors (Lipinski definition) is 2. The van der Waals surface area contributed by atoms with Gasteiger partial charge < -0.3 is 15.9 Å². The van der Waals surface area contributed by atoms with Crippen LogP contribution in [0.2, 0.25) is 0 Å². The summed E-state index contributed by atoms with van der Waals surface area (Å²) in [4.78, 5) is 11.2. The number of amides is 1. The first-order valence-corrected chi connectivity index (χ1v) is 6.57. The van der Waals surface area contributed by atoms with E-state index >= 15 is 0 Å². The molecule has 7 heteroatoms. The third kappa shape index (κ3) is 2.61. The van der Waals surface area contributed by atoms with Crippen molar-refractivity contribution in [3.63, 3.8) is 0 Å². The number of rotatable bonds is 2. The molecule has 0 aliphatic heterocycles. The highest BCUT2D eigenvalue weighted by molar-refractivity contribution is 6.05. The van der Waals surface area contributed by atoms with E-state index in [0.29, 0.717) is 22.1 Å². The number of alkyl halides is 3. The molecule has 4 N–H and O–H groups in total. The fourth-order valence-electron chi connectivity index (χ4n) is 2.33. The lowest BCUT2D eigenvalue weighted by Crippen LogP contribution is -2.11. The summed E-state index contributed by atoms with van der Waals surface area (Å²) in [6.45, 7) is 0. The molecule has 0 spiro atoms. The van der Waals surface area contributed by atoms with Gasteiger partial charge in [-0.05, 0) is 35.4 Å². The molecule has 0 saturated heterocycles. The maximum Gasteiger partial charge on any atom is 0.416 e. The van der Waals surface area contributed by atoms with E-state index in [0.717, 1.165) is 12.1 Å². The highest BCUT2D eigenvalue weighted by atomic mass is 19.4. The van der Waals surface area contributed by atoms with Gasteiger partial charge in [-0.2, -0.15) is 13.2 Å². The standard InChI is InChI=1S/C16H11F3N2O2/c17-16(18,19)10-4-1-8(2-5-10)9-3-6-11-12(7-9)23-14(13(11)20)15(21)22/h1-7H,20H2,(H2,21,22). The summed E-state index contributed by atoms with van der Waals surface area (Å²) in [5, 5.41) is 0.523. The number of carbonyl (C=O) groups is 1. The highest BCUT2D eigenvalue weighted by Crippen LogP contribution is 2.34. The second-order valence-corrected chi connectivity index (χ2v) is 5.00. The SMILES string of the molecule is NC(=O)c1oc2cc(-c3ccc(C(F)(F)F)cc3)ccc2c1N. The van der Waals surface area contributed by atoms with Crippen LogP contribution in [0.4, 0.5) is 18.9 Å². The predicted molar refractivity (Wildman–Crippen MR) is 79.6 cm³/mol. The van der Waals surface area contributed by atoms with Crippen LogP contribution in [0.3, 0.4) is 0 Å². The number of carbonyl (C=O) groups excluding carboxylic acids is 1. The Balaban J connectivity index is 2.05. The van der Waals surface area contributed by atoms with Crippen molar-refractivity contribution in [1.29, 1.82) is 0 Å². The van der Waals surface area contributed by atoms with Crippen LogP contribution in [0, 0.1) is 0 Å². The Bertz CT molecular complexity index is 896. The normalized spacial score (nSPS) is 11.8. The number of furan rings is 1. The molecule has 0 bridgehead atoms.